The molecule has 1 spiro atoms. The van der Waals surface area contributed by atoms with Gasteiger partial charge in [-0.05, 0) is 24.3 Å². The fraction of sp³-hybridized carbons (Fsp3) is 0.333. The second-order valence-electron chi connectivity index (χ2n) is 6.67. The first-order valence-electron chi connectivity index (χ1n) is 8.43. The van der Waals surface area contributed by atoms with E-state index in [9.17, 15) is 9.59 Å². The van der Waals surface area contributed by atoms with E-state index in [0.717, 1.165) is 0 Å². The maximum absolute atomic E-state index is 12.7. The molecular weight excluding hydrogens is 334 g/mol. The van der Waals surface area contributed by atoms with Gasteiger partial charge in [0, 0.05) is 38.8 Å². The van der Waals surface area contributed by atoms with Crippen molar-refractivity contribution in [1.82, 2.24) is 14.5 Å². The maximum Gasteiger partial charge on any atom is 0.273 e. The summed E-state index contributed by atoms with van der Waals surface area (Å²) in [6.07, 6.45) is 6.08. The molecule has 0 saturated carbocycles. The lowest BCUT2D eigenvalue weighted by Gasteiger charge is -2.21. The third kappa shape index (κ3) is 2.94. The van der Waals surface area contributed by atoms with Gasteiger partial charge in [0.2, 0.25) is 0 Å². The molecule has 4 rings (SSSR count). The van der Waals surface area contributed by atoms with Crippen LogP contribution in [0.15, 0.2) is 48.0 Å². The van der Waals surface area contributed by atoms with Crippen LogP contribution >= 0.6 is 0 Å². The Bertz CT molecular complexity index is 876. The average molecular weight is 353 g/mol. The number of amides is 2. The Morgan fingerprint density at radius 2 is 2.19 bits per heavy atom. The Balaban J connectivity index is 1.39. The summed E-state index contributed by atoms with van der Waals surface area (Å²) in [6.45, 7) is 1.00. The van der Waals surface area contributed by atoms with Gasteiger partial charge in [0.25, 0.3) is 11.8 Å². The number of nitrogens with one attached hydrogen (secondary N) is 1. The molecule has 2 aromatic heterocycles. The Labute approximate surface area is 150 Å². The van der Waals surface area contributed by atoms with Crippen molar-refractivity contribution in [3.05, 3.63) is 48.5 Å². The lowest BCUT2D eigenvalue weighted by molar-refractivity contribution is -0.110. The van der Waals surface area contributed by atoms with Gasteiger partial charge in [-0.3, -0.25) is 14.6 Å². The summed E-state index contributed by atoms with van der Waals surface area (Å²) in [6, 6.07) is 7.14. The zero-order chi connectivity index (χ0) is 18.1. The van der Waals surface area contributed by atoms with Crippen LogP contribution in [0.1, 0.15) is 23.3 Å². The van der Waals surface area contributed by atoms with E-state index in [1.54, 1.807) is 40.1 Å². The van der Waals surface area contributed by atoms with Crippen molar-refractivity contribution in [2.24, 2.45) is 12.2 Å². The van der Waals surface area contributed by atoms with Crippen molar-refractivity contribution in [2.45, 2.75) is 18.4 Å². The van der Waals surface area contributed by atoms with Crippen molar-refractivity contribution in [3.8, 4) is 0 Å². The molecule has 134 valence electrons. The van der Waals surface area contributed by atoms with E-state index in [1.165, 1.54) is 0 Å². The van der Waals surface area contributed by atoms with Crippen LogP contribution in [0.3, 0.4) is 0 Å². The van der Waals surface area contributed by atoms with Gasteiger partial charge >= 0.3 is 0 Å². The van der Waals surface area contributed by atoms with Gasteiger partial charge in [-0.25, -0.2) is 0 Å². The fourth-order valence-corrected chi connectivity index (χ4v) is 3.37. The average Bonchev–Trinajstić information content (AvgIpc) is 3.37. The number of rotatable bonds is 3. The van der Waals surface area contributed by atoms with Crippen LogP contribution in [-0.4, -0.2) is 50.7 Å². The van der Waals surface area contributed by atoms with E-state index >= 15 is 0 Å². The summed E-state index contributed by atoms with van der Waals surface area (Å²) in [4.78, 5) is 36.4. The molecule has 0 bridgehead atoms. The minimum absolute atomic E-state index is 0.0359. The molecule has 8 nitrogen and oxygen atoms in total. The van der Waals surface area contributed by atoms with Gasteiger partial charge < -0.3 is 19.6 Å². The quantitative estimate of drug-likeness (QED) is 0.904. The Kier molecular flexibility index (Phi) is 3.95. The topological polar surface area (TPSA) is 88.8 Å². The van der Waals surface area contributed by atoms with Gasteiger partial charge in [0.05, 0.1) is 18.4 Å². The molecule has 0 aromatic carbocycles. The number of carbonyl (C=O) groups excluding carboxylic acids is 2. The van der Waals surface area contributed by atoms with Crippen molar-refractivity contribution in [2.75, 3.05) is 18.4 Å². The lowest BCUT2D eigenvalue weighted by Crippen LogP contribution is -2.37. The summed E-state index contributed by atoms with van der Waals surface area (Å²) < 4.78 is 1.80. The first-order chi connectivity index (χ1) is 12.6. The molecule has 4 heterocycles. The van der Waals surface area contributed by atoms with Crippen LogP contribution < -0.4 is 5.32 Å². The van der Waals surface area contributed by atoms with Gasteiger partial charge in [0.15, 0.2) is 5.60 Å². The zero-order valence-electron chi connectivity index (χ0n) is 14.4. The number of carbonyl (C=O) groups is 2. The number of aromatic nitrogens is 2. The summed E-state index contributed by atoms with van der Waals surface area (Å²) in [5, 5.41) is 6.74. The van der Waals surface area contributed by atoms with Gasteiger partial charge in [-0.2, -0.15) is 0 Å². The number of oxime groups is 1. The molecule has 2 aromatic rings. The number of likely N-dealkylation sites (tertiary alicyclic amines) is 1. The van der Waals surface area contributed by atoms with Crippen LogP contribution in [0.5, 0.6) is 0 Å². The van der Waals surface area contributed by atoms with E-state index in [-0.39, 0.29) is 11.8 Å². The lowest BCUT2D eigenvalue weighted by atomic mass is 9.96. The van der Waals surface area contributed by atoms with Crippen LogP contribution in [0.25, 0.3) is 0 Å². The van der Waals surface area contributed by atoms with Crippen molar-refractivity contribution < 1.29 is 14.4 Å². The smallest absolute Gasteiger partial charge is 0.273 e. The highest BCUT2D eigenvalue weighted by atomic mass is 16.7. The van der Waals surface area contributed by atoms with Crippen molar-refractivity contribution in [3.63, 3.8) is 0 Å². The second-order valence-corrected chi connectivity index (χ2v) is 6.67. The Morgan fingerprint density at radius 3 is 2.92 bits per heavy atom. The largest absolute Gasteiger partial charge is 0.386 e. The van der Waals surface area contributed by atoms with Crippen LogP contribution in [0.2, 0.25) is 0 Å². The number of aryl methyl sites for hydroxylation is 1. The molecule has 2 aliphatic heterocycles. The van der Waals surface area contributed by atoms with Gasteiger partial charge in [-0.15, -0.1) is 0 Å². The molecule has 2 aliphatic rings. The Morgan fingerprint density at radius 1 is 1.31 bits per heavy atom. The highest BCUT2D eigenvalue weighted by Crippen LogP contribution is 2.34. The minimum atomic E-state index is -0.609. The number of nitrogens with zero attached hydrogens (tertiary/aromatic N) is 4. The summed E-state index contributed by atoms with van der Waals surface area (Å²) in [7, 11) is 1.84. The monoisotopic (exact) mass is 353 g/mol. The minimum Gasteiger partial charge on any atom is -0.386 e. The van der Waals surface area contributed by atoms with E-state index < -0.39 is 5.60 Å². The second kappa shape index (κ2) is 6.29. The molecule has 26 heavy (non-hydrogen) atoms. The molecule has 8 heteroatoms. The third-order valence-corrected chi connectivity index (χ3v) is 4.79. The summed E-state index contributed by atoms with van der Waals surface area (Å²) in [5.41, 5.74) is 0.966. The van der Waals surface area contributed by atoms with Crippen LogP contribution in [0, 0.1) is 0 Å². The first kappa shape index (κ1) is 16.3. The van der Waals surface area contributed by atoms with E-state index in [2.05, 4.69) is 15.5 Å². The molecule has 1 N–H and O–H groups in total. The normalized spacial score (nSPS) is 21.6. The first-order valence-corrected chi connectivity index (χ1v) is 8.43. The number of pyridine rings is 1. The number of anilines is 1. The standard InChI is InChI=1S/C18H19N5O3/c1-22-8-3-5-15(22)17(25)23-9-6-18(12-23)10-14(21-26-18)16(24)20-13-4-2-7-19-11-13/h2-5,7-8,11H,6,9-10,12H2,1H3,(H,20,24). The van der Waals surface area contributed by atoms with Crippen molar-refractivity contribution >= 4 is 23.2 Å². The van der Waals surface area contributed by atoms with Gasteiger partial charge in [0.1, 0.15) is 11.4 Å². The number of hydrogen-bond acceptors (Lipinski definition) is 5. The molecule has 1 fully saturated rings. The van der Waals surface area contributed by atoms with Crippen LogP contribution in [-0.2, 0) is 16.7 Å². The van der Waals surface area contributed by atoms with Gasteiger partial charge in [-0.1, -0.05) is 5.16 Å². The fourth-order valence-electron chi connectivity index (χ4n) is 3.37. The van der Waals surface area contributed by atoms with E-state index in [1.807, 2.05) is 19.3 Å². The molecular formula is C18H19N5O3. The van der Waals surface area contributed by atoms with E-state index in [0.29, 0.717) is 43.0 Å². The third-order valence-electron chi connectivity index (χ3n) is 4.79. The highest BCUT2D eigenvalue weighted by molar-refractivity contribution is 6.43. The zero-order valence-corrected chi connectivity index (χ0v) is 14.4. The maximum atomic E-state index is 12.7. The summed E-state index contributed by atoms with van der Waals surface area (Å²) in [5.74, 6) is -0.340. The molecule has 1 saturated heterocycles. The van der Waals surface area contributed by atoms with Crippen LogP contribution in [0.4, 0.5) is 5.69 Å². The summed E-state index contributed by atoms with van der Waals surface area (Å²) >= 11 is 0. The predicted octanol–water partition coefficient (Wildman–Crippen LogP) is 1.42. The molecule has 0 aliphatic carbocycles. The molecule has 1 atom stereocenters. The highest BCUT2D eigenvalue weighted by Gasteiger charge is 2.48. The van der Waals surface area contributed by atoms with Crippen molar-refractivity contribution in [1.29, 1.82) is 0 Å². The Hall–Kier alpha value is -3.16. The van der Waals surface area contributed by atoms with E-state index in [4.69, 9.17) is 4.84 Å². The molecule has 1 unspecified atom stereocenters. The SMILES string of the molecule is Cn1cccc1C(=O)N1CCC2(CC(C(=O)Nc3cccnc3)=NO2)C1. The molecule has 2 amide bonds. The molecule has 0 radical (unpaired) electrons. The number of hydrogen-bond donors (Lipinski definition) is 1. The predicted molar refractivity (Wildman–Crippen MR) is 94.7 cm³/mol.